The number of aryl methyl sites for hydroxylation is 2. The first-order valence-electron chi connectivity index (χ1n) is 13.2. The molecule has 35 heavy (non-hydrogen) atoms. The van der Waals surface area contributed by atoms with E-state index >= 15 is 0 Å². The maximum absolute atomic E-state index is 3.39. The minimum Gasteiger partial charge on any atom is -0.140 e. The van der Waals surface area contributed by atoms with E-state index in [4.69, 9.17) is 0 Å². The van der Waals surface area contributed by atoms with Crippen LogP contribution in [-0.4, -0.2) is 0 Å². The van der Waals surface area contributed by atoms with Crippen molar-refractivity contribution >= 4 is 53.6 Å². The van der Waals surface area contributed by atoms with Gasteiger partial charge in [-0.05, 0) is 66.9 Å². The molecule has 5 aromatic rings. The molecule has 0 amide bonds. The highest BCUT2D eigenvalue weighted by Gasteiger charge is 2.10. The van der Waals surface area contributed by atoms with Crippen LogP contribution >= 0.6 is 22.7 Å². The Morgan fingerprint density at radius 2 is 1.23 bits per heavy atom. The third-order valence-corrected chi connectivity index (χ3v) is 9.08. The Morgan fingerprint density at radius 1 is 0.600 bits per heavy atom. The summed E-state index contributed by atoms with van der Waals surface area (Å²) in [6, 6.07) is 22.4. The van der Waals surface area contributed by atoms with Gasteiger partial charge in [0.25, 0.3) is 0 Å². The summed E-state index contributed by atoms with van der Waals surface area (Å²) in [5.41, 5.74) is 2.34. The molecule has 3 aromatic carbocycles. The van der Waals surface area contributed by atoms with Crippen LogP contribution in [0.2, 0.25) is 0 Å². The highest BCUT2D eigenvalue weighted by Crippen LogP contribution is 2.38. The summed E-state index contributed by atoms with van der Waals surface area (Å²) in [6.45, 7) is 4.40. The van der Waals surface area contributed by atoms with Crippen LogP contribution < -0.4 is 0 Å². The number of hydrogen-bond donors (Lipinski definition) is 0. The summed E-state index contributed by atoms with van der Waals surface area (Å²) in [5.74, 6) is 6.73. The van der Waals surface area contributed by atoms with Crippen LogP contribution in [0.3, 0.4) is 0 Å². The van der Waals surface area contributed by atoms with Gasteiger partial charge in [0.15, 0.2) is 0 Å². The standard InChI is InChI=1S/C33H34S2/c1-3-4-5-6-7-8-9-10-11-26-22-30-28-19-21-33-31(29(28)18-20-32(30)34-26)23-27(35-33)17-16-25-14-12-24(2)13-15-25/h12-15,18-23H,3-11H2,1-2H3. The van der Waals surface area contributed by atoms with Crippen molar-refractivity contribution < 1.29 is 0 Å². The maximum atomic E-state index is 3.39. The second-order valence-electron chi connectivity index (χ2n) is 9.71. The van der Waals surface area contributed by atoms with Crippen LogP contribution in [0, 0.1) is 18.8 Å². The molecule has 0 bridgehead atoms. The smallest absolute Gasteiger partial charge is 0.0785 e. The molecule has 0 spiro atoms. The van der Waals surface area contributed by atoms with Crippen LogP contribution in [-0.2, 0) is 6.42 Å². The van der Waals surface area contributed by atoms with Crippen molar-refractivity contribution in [1.82, 2.24) is 0 Å². The van der Waals surface area contributed by atoms with Crippen LogP contribution in [0.25, 0.3) is 30.9 Å². The third-order valence-electron chi connectivity index (χ3n) is 6.90. The normalized spacial score (nSPS) is 11.4. The number of benzene rings is 3. The molecule has 0 radical (unpaired) electrons. The molecule has 0 nitrogen and oxygen atoms in total. The summed E-state index contributed by atoms with van der Waals surface area (Å²) in [5, 5.41) is 5.48. The Hall–Kier alpha value is -2.60. The van der Waals surface area contributed by atoms with Crippen molar-refractivity contribution in [3.63, 3.8) is 0 Å². The molecule has 0 N–H and O–H groups in total. The second kappa shape index (κ2) is 11.4. The number of rotatable bonds is 9. The summed E-state index contributed by atoms with van der Waals surface area (Å²) in [6.07, 6.45) is 12.3. The maximum Gasteiger partial charge on any atom is 0.0785 e. The van der Waals surface area contributed by atoms with E-state index in [9.17, 15) is 0 Å². The number of hydrogen-bond acceptors (Lipinski definition) is 2. The molecule has 0 saturated heterocycles. The van der Waals surface area contributed by atoms with E-state index < -0.39 is 0 Å². The van der Waals surface area contributed by atoms with Gasteiger partial charge in [-0.25, -0.2) is 0 Å². The van der Waals surface area contributed by atoms with E-state index in [2.05, 4.69) is 86.4 Å². The van der Waals surface area contributed by atoms with Gasteiger partial charge in [-0.1, -0.05) is 93.5 Å². The van der Waals surface area contributed by atoms with Crippen molar-refractivity contribution in [1.29, 1.82) is 0 Å². The molecule has 0 aliphatic heterocycles. The molecule has 2 heteroatoms. The van der Waals surface area contributed by atoms with E-state index in [0.717, 1.165) is 10.4 Å². The Labute approximate surface area is 218 Å². The first-order valence-corrected chi connectivity index (χ1v) is 14.8. The Bertz CT molecular complexity index is 1490. The Kier molecular flexibility index (Phi) is 7.87. The molecule has 0 atom stereocenters. The topological polar surface area (TPSA) is 0 Å². The molecule has 0 aliphatic carbocycles. The van der Waals surface area contributed by atoms with Gasteiger partial charge in [0.1, 0.15) is 0 Å². The Balaban J connectivity index is 1.32. The predicted octanol–water partition coefficient (Wildman–Crippen LogP) is 10.7. The number of fused-ring (bicyclic) bond motifs is 5. The van der Waals surface area contributed by atoms with E-state index in [1.807, 2.05) is 11.3 Å². The van der Waals surface area contributed by atoms with Crippen LogP contribution in [0.4, 0.5) is 0 Å². The Morgan fingerprint density at radius 3 is 1.94 bits per heavy atom. The lowest BCUT2D eigenvalue weighted by molar-refractivity contribution is 0.576. The minimum absolute atomic E-state index is 1.07. The minimum atomic E-state index is 1.07. The van der Waals surface area contributed by atoms with E-state index in [1.54, 1.807) is 11.3 Å². The fourth-order valence-corrected chi connectivity index (χ4v) is 6.94. The zero-order valence-electron chi connectivity index (χ0n) is 21.0. The summed E-state index contributed by atoms with van der Waals surface area (Å²) in [4.78, 5) is 2.67. The van der Waals surface area contributed by atoms with Crippen molar-refractivity contribution in [2.75, 3.05) is 0 Å². The first kappa shape index (κ1) is 24.1. The third kappa shape index (κ3) is 5.80. The van der Waals surface area contributed by atoms with Gasteiger partial charge in [-0.3, -0.25) is 0 Å². The molecule has 0 fully saturated rings. The zero-order chi connectivity index (χ0) is 24.0. The molecule has 2 heterocycles. The zero-order valence-corrected chi connectivity index (χ0v) is 22.6. The van der Waals surface area contributed by atoms with Gasteiger partial charge < -0.3 is 0 Å². The highest BCUT2D eigenvalue weighted by atomic mass is 32.1. The molecule has 0 aliphatic rings. The summed E-state index contributed by atoms with van der Waals surface area (Å²) < 4.78 is 2.74. The van der Waals surface area contributed by atoms with Crippen molar-refractivity contribution in [2.45, 2.75) is 71.6 Å². The monoisotopic (exact) mass is 494 g/mol. The van der Waals surface area contributed by atoms with E-state index in [-0.39, 0.29) is 0 Å². The highest BCUT2D eigenvalue weighted by molar-refractivity contribution is 7.20. The molecule has 178 valence electrons. The van der Waals surface area contributed by atoms with Crippen LogP contribution in [0.5, 0.6) is 0 Å². The number of thiophene rings is 2. The largest absolute Gasteiger partial charge is 0.140 e. The fourth-order valence-electron chi connectivity index (χ4n) is 4.89. The van der Waals surface area contributed by atoms with Crippen molar-refractivity contribution in [2.24, 2.45) is 0 Å². The van der Waals surface area contributed by atoms with E-state index in [0.29, 0.717) is 0 Å². The van der Waals surface area contributed by atoms with Crippen molar-refractivity contribution in [3.05, 3.63) is 81.5 Å². The quantitative estimate of drug-likeness (QED) is 0.141. The van der Waals surface area contributed by atoms with Crippen molar-refractivity contribution in [3.8, 4) is 11.8 Å². The van der Waals surface area contributed by atoms with Gasteiger partial charge in [0, 0.05) is 30.6 Å². The fraction of sp³-hybridized carbons (Fsp3) is 0.333. The SMILES string of the molecule is CCCCCCCCCCc1cc2c(ccc3c4cc(C#Cc5ccc(C)cc5)sc4ccc23)s1. The molecular weight excluding hydrogens is 460 g/mol. The average molecular weight is 495 g/mol. The van der Waals surface area contributed by atoms with Gasteiger partial charge >= 0.3 is 0 Å². The second-order valence-corrected chi connectivity index (χ2v) is 12.0. The van der Waals surface area contributed by atoms with E-state index in [1.165, 1.54) is 99.2 Å². The summed E-state index contributed by atoms with van der Waals surface area (Å²) in [7, 11) is 0. The summed E-state index contributed by atoms with van der Waals surface area (Å²) >= 11 is 3.78. The number of unbranched alkanes of at least 4 members (excludes halogenated alkanes) is 7. The average Bonchev–Trinajstić information content (AvgIpc) is 3.49. The van der Waals surface area contributed by atoms with Gasteiger partial charge in [0.2, 0.25) is 0 Å². The lowest BCUT2D eigenvalue weighted by atomic mass is 10.0. The predicted molar refractivity (Wildman–Crippen MR) is 158 cm³/mol. The van der Waals surface area contributed by atoms with Gasteiger partial charge in [-0.15, -0.1) is 22.7 Å². The molecular formula is C33H34S2. The molecule has 2 aromatic heterocycles. The molecule has 0 saturated carbocycles. The molecule has 0 unspecified atom stereocenters. The van der Waals surface area contributed by atoms with Gasteiger partial charge in [-0.2, -0.15) is 0 Å². The first-order chi connectivity index (χ1) is 17.2. The van der Waals surface area contributed by atoms with Gasteiger partial charge in [0.05, 0.1) is 4.88 Å². The lowest BCUT2D eigenvalue weighted by Gasteiger charge is -2.01. The van der Waals surface area contributed by atoms with Crippen LogP contribution in [0.1, 0.15) is 79.2 Å². The lowest BCUT2D eigenvalue weighted by Crippen LogP contribution is -1.83. The van der Waals surface area contributed by atoms with Crippen LogP contribution in [0.15, 0.2) is 60.7 Å². The molecule has 5 rings (SSSR count).